The average molecular weight is 832 g/mol. The quantitative estimate of drug-likeness (QED) is 0.177. The summed E-state index contributed by atoms with van der Waals surface area (Å²) >= 11 is 0. The van der Waals surface area contributed by atoms with E-state index in [4.69, 9.17) is 9.15 Å². The lowest BCUT2D eigenvalue weighted by Gasteiger charge is -2.36. The van der Waals surface area contributed by atoms with Crippen molar-refractivity contribution in [3.05, 3.63) is 253 Å². The molecule has 0 saturated carbocycles. The van der Waals surface area contributed by atoms with Crippen LogP contribution in [-0.4, -0.2) is 0 Å². The van der Waals surface area contributed by atoms with Crippen LogP contribution in [0, 0.1) is 0 Å². The van der Waals surface area contributed by atoms with Gasteiger partial charge in [-0.15, -0.1) is 0 Å². The number of fused-ring (bicyclic) bond motifs is 17. The second-order valence-corrected chi connectivity index (χ2v) is 17.2. The van der Waals surface area contributed by atoms with Crippen molar-refractivity contribution in [2.75, 3.05) is 4.90 Å². The topological polar surface area (TPSA) is 25.6 Å². The molecule has 2 heterocycles. The Balaban J connectivity index is 1.11. The summed E-state index contributed by atoms with van der Waals surface area (Å²) in [4.78, 5) is 2.36. The molecule has 65 heavy (non-hydrogen) atoms. The van der Waals surface area contributed by atoms with E-state index in [1.807, 2.05) is 6.07 Å². The van der Waals surface area contributed by atoms with Crippen LogP contribution in [0.4, 0.5) is 17.1 Å². The number of allylic oxidation sites excluding steroid dienone is 5. The maximum absolute atomic E-state index is 7.14. The van der Waals surface area contributed by atoms with Crippen LogP contribution in [0.15, 0.2) is 235 Å². The lowest BCUT2D eigenvalue weighted by Crippen LogP contribution is -2.27. The van der Waals surface area contributed by atoms with Gasteiger partial charge in [0, 0.05) is 33.3 Å². The molecule has 1 aromatic heterocycles. The predicted molar refractivity (Wildman–Crippen MR) is 268 cm³/mol. The van der Waals surface area contributed by atoms with Gasteiger partial charge in [-0.25, -0.2) is 0 Å². The van der Waals surface area contributed by atoms with E-state index >= 15 is 0 Å². The van der Waals surface area contributed by atoms with Crippen molar-refractivity contribution in [2.45, 2.75) is 11.8 Å². The first-order valence-electron chi connectivity index (χ1n) is 22.3. The molecule has 3 nitrogen and oxygen atoms in total. The number of anilines is 3. The second kappa shape index (κ2) is 14.6. The van der Waals surface area contributed by atoms with E-state index in [1.54, 1.807) is 0 Å². The molecular weight excluding hydrogens is 791 g/mol. The number of ether oxygens (including phenoxy) is 1. The van der Waals surface area contributed by atoms with Gasteiger partial charge in [0.05, 0.1) is 11.1 Å². The smallest absolute Gasteiger partial charge is 0.159 e. The van der Waals surface area contributed by atoms with Gasteiger partial charge in [-0.3, -0.25) is 0 Å². The highest BCUT2D eigenvalue weighted by Gasteiger charge is 2.46. The predicted octanol–water partition coefficient (Wildman–Crippen LogP) is 17.0. The molecule has 3 aliphatic rings. The maximum Gasteiger partial charge on any atom is 0.159 e. The molecule has 13 rings (SSSR count). The number of furan rings is 1. The Morgan fingerprint density at radius 2 is 1.08 bits per heavy atom. The number of para-hydroxylation sites is 4. The van der Waals surface area contributed by atoms with E-state index in [1.165, 1.54) is 27.8 Å². The average Bonchev–Trinajstić information content (AvgIpc) is 3.80. The van der Waals surface area contributed by atoms with Gasteiger partial charge >= 0.3 is 0 Å². The molecule has 9 aromatic carbocycles. The number of hydrogen-bond acceptors (Lipinski definition) is 3. The molecule has 0 N–H and O–H groups in total. The van der Waals surface area contributed by atoms with Crippen LogP contribution in [-0.2, 0) is 5.41 Å². The van der Waals surface area contributed by atoms with Gasteiger partial charge < -0.3 is 14.1 Å². The van der Waals surface area contributed by atoms with Crippen molar-refractivity contribution in [3.8, 4) is 56.0 Å². The van der Waals surface area contributed by atoms with Crippen molar-refractivity contribution in [2.24, 2.45) is 0 Å². The van der Waals surface area contributed by atoms with Gasteiger partial charge in [0.1, 0.15) is 16.9 Å². The van der Waals surface area contributed by atoms with Crippen LogP contribution >= 0.6 is 0 Å². The first-order valence-corrected chi connectivity index (χ1v) is 22.3. The summed E-state index contributed by atoms with van der Waals surface area (Å²) in [5, 5.41) is 2.26. The highest BCUT2D eigenvalue weighted by Crippen LogP contribution is 2.59. The molecule has 2 aliphatic carbocycles. The fraction of sp³-hybridized carbons (Fsp3) is 0.0323. The van der Waals surface area contributed by atoms with Crippen LogP contribution < -0.4 is 9.64 Å². The number of hydrogen-bond donors (Lipinski definition) is 0. The second-order valence-electron chi connectivity index (χ2n) is 17.2. The summed E-state index contributed by atoms with van der Waals surface area (Å²) in [7, 11) is 0. The zero-order chi connectivity index (χ0) is 43.1. The van der Waals surface area contributed by atoms with Gasteiger partial charge in [0.15, 0.2) is 5.75 Å². The Morgan fingerprint density at radius 1 is 0.431 bits per heavy atom. The van der Waals surface area contributed by atoms with E-state index in [-0.39, 0.29) is 0 Å². The fourth-order valence-electron chi connectivity index (χ4n) is 10.9. The summed E-state index contributed by atoms with van der Waals surface area (Å²) in [6.45, 7) is 4.64. The third kappa shape index (κ3) is 5.62. The highest BCUT2D eigenvalue weighted by molar-refractivity contribution is 6.08. The minimum absolute atomic E-state index is 0.575. The number of nitrogens with zero attached hydrogens (tertiary/aromatic N) is 1. The molecule has 10 aromatic rings. The number of benzene rings is 9. The zero-order valence-electron chi connectivity index (χ0n) is 35.5. The minimum Gasteiger partial charge on any atom is -0.456 e. The van der Waals surface area contributed by atoms with Crippen molar-refractivity contribution in [1.29, 1.82) is 0 Å². The normalized spacial score (nSPS) is 16.4. The fourth-order valence-corrected chi connectivity index (χ4v) is 10.9. The van der Waals surface area contributed by atoms with E-state index < -0.39 is 5.41 Å². The summed E-state index contributed by atoms with van der Waals surface area (Å²) in [5.74, 6) is 1.63. The van der Waals surface area contributed by atoms with Crippen LogP contribution in [0.2, 0.25) is 0 Å². The SMILES string of the molecule is C=C1/C=C\C=C/CC2(c3ccc(N(c4ccccc4)c4cccc5c4Oc4ccccc4-c4ccccc4-5)cc3-c3ccccc31)c1ccccc1-c1cc3c(cc12)oc1ccccc13. The molecule has 1 unspecified atom stereocenters. The molecule has 1 spiro atoms. The Labute approximate surface area is 378 Å². The molecular formula is C62H41NO2. The summed E-state index contributed by atoms with van der Waals surface area (Å²) in [5.41, 5.74) is 19.1. The van der Waals surface area contributed by atoms with Gasteiger partial charge in [0.2, 0.25) is 0 Å². The molecule has 3 heteroatoms. The Kier molecular flexibility index (Phi) is 8.34. The molecule has 1 aliphatic heterocycles. The van der Waals surface area contributed by atoms with Crippen LogP contribution in [0.25, 0.3) is 72.0 Å². The first kappa shape index (κ1) is 37.2. The molecule has 0 amide bonds. The first-order chi connectivity index (χ1) is 32.2. The summed E-state index contributed by atoms with van der Waals surface area (Å²) in [6, 6.07) is 72.1. The van der Waals surface area contributed by atoms with E-state index in [0.717, 1.165) is 101 Å². The highest BCUT2D eigenvalue weighted by atomic mass is 16.5. The summed E-state index contributed by atoms with van der Waals surface area (Å²) < 4.78 is 13.8. The lowest BCUT2D eigenvalue weighted by molar-refractivity contribution is 0.489. The maximum atomic E-state index is 7.14. The van der Waals surface area contributed by atoms with Crippen LogP contribution in [0.3, 0.4) is 0 Å². The molecule has 0 bridgehead atoms. The monoisotopic (exact) mass is 831 g/mol. The standard InChI is InChI=1S/C62H41NO2/c1-40-19-4-3-17-36-62(54-30-14-11-26-47(54)52-38-53-49-28-13-15-32-58(49)64-60(53)39-56(52)62)55-35-34-42(37-51(55)44-23-8-7-22-43(40)44)63(41-20-5-2-6-21-41)57-31-18-29-50-46-25-10-9-24-45(46)48-27-12-16-33-59(48)65-61(50)57/h2-35,37-39H,1,36H2/b17-3-,19-4-. The van der Waals surface area contributed by atoms with Gasteiger partial charge in [0.25, 0.3) is 0 Å². The van der Waals surface area contributed by atoms with Crippen molar-refractivity contribution < 1.29 is 9.15 Å². The third-order valence-corrected chi connectivity index (χ3v) is 13.8. The third-order valence-electron chi connectivity index (χ3n) is 13.8. The molecule has 1 atom stereocenters. The van der Waals surface area contributed by atoms with Crippen molar-refractivity contribution in [3.63, 3.8) is 0 Å². The minimum atomic E-state index is -0.575. The van der Waals surface area contributed by atoms with Crippen LogP contribution in [0.5, 0.6) is 11.5 Å². The van der Waals surface area contributed by atoms with E-state index in [9.17, 15) is 0 Å². The van der Waals surface area contributed by atoms with Gasteiger partial charge in [-0.05, 0) is 122 Å². The number of rotatable bonds is 3. The molecule has 0 fully saturated rings. The van der Waals surface area contributed by atoms with Crippen molar-refractivity contribution in [1.82, 2.24) is 0 Å². The molecule has 0 saturated heterocycles. The largest absolute Gasteiger partial charge is 0.456 e. The Hall–Kier alpha value is -8.40. The zero-order valence-corrected chi connectivity index (χ0v) is 35.5. The van der Waals surface area contributed by atoms with E-state index in [0.29, 0.717) is 0 Å². The molecule has 306 valence electrons. The van der Waals surface area contributed by atoms with E-state index in [2.05, 4.69) is 230 Å². The Morgan fingerprint density at radius 3 is 1.92 bits per heavy atom. The van der Waals surface area contributed by atoms with Crippen molar-refractivity contribution >= 4 is 44.6 Å². The van der Waals surface area contributed by atoms with Gasteiger partial charge in [-0.2, -0.15) is 0 Å². The summed E-state index contributed by atoms with van der Waals surface area (Å²) in [6.07, 6.45) is 9.51. The lowest BCUT2D eigenvalue weighted by atomic mass is 9.67. The van der Waals surface area contributed by atoms with Crippen LogP contribution in [0.1, 0.15) is 28.7 Å². The molecule has 0 radical (unpaired) electrons. The Bertz CT molecular complexity index is 3640. The van der Waals surface area contributed by atoms with Gasteiger partial charge in [-0.1, -0.05) is 176 Å².